The molecular formula is C16H14FN3O2S2. The average Bonchev–Trinajstić information content (AvgIpc) is 3.02. The van der Waals surface area contributed by atoms with Crippen molar-refractivity contribution < 1.29 is 12.8 Å². The number of benzene rings is 1. The van der Waals surface area contributed by atoms with Crippen LogP contribution in [0, 0.1) is 12.7 Å². The van der Waals surface area contributed by atoms with Crippen molar-refractivity contribution in [2.45, 2.75) is 18.4 Å². The maximum atomic E-state index is 13.1. The number of aromatic nitrogens is 2. The number of halogens is 1. The SMILES string of the molecule is Cc1cc(F)ccc1S(=O)(=O)NCc1nc(-c2ccccn2)cs1. The largest absolute Gasteiger partial charge is 0.255 e. The van der Waals surface area contributed by atoms with Gasteiger partial charge in [-0.3, -0.25) is 4.98 Å². The summed E-state index contributed by atoms with van der Waals surface area (Å²) in [6, 6.07) is 9.09. The predicted octanol–water partition coefficient (Wildman–Crippen LogP) is 3.13. The number of thiazole rings is 1. The third-order valence-electron chi connectivity index (χ3n) is 3.32. The van der Waals surface area contributed by atoms with Gasteiger partial charge in [0.1, 0.15) is 10.8 Å². The second-order valence-corrected chi connectivity index (χ2v) is 7.75. The van der Waals surface area contributed by atoms with Crippen molar-refractivity contribution >= 4 is 21.4 Å². The van der Waals surface area contributed by atoms with Crippen molar-refractivity contribution in [3.8, 4) is 11.4 Å². The minimum Gasteiger partial charge on any atom is -0.255 e. The van der Waals surface area contributed by atoms with E-state index in [1.165, 1.54) is 23.5 Å². The highest BCUT2D eigenvalue weighted by molar-refractivity contribution is 7.89. The van der Waals surface area contributed by atoms with Crippen LogP contribution in [0.15, 0.2) is 52.9 Å². The molecule has 3 rings (SSSR count). The third kappa shape index (κ3) is 3.66. The molecule has 0 spiro atoms. The third-order valence-corrected chi connectivity index (χ3v) is 5.73. The van der Waals surface area contributed by atoms with Crippen molar-refractivity contribution in [3.05, 3.63) is 64.4 Å². The maximum Gasteiger partial charge on any atom is 0.241 e. The van der Waals surface area contributed by atoms with E-state index < -0.39 is 15.8 Å². The monoisotopic (exact) mass is 363 g/mol. The molecule has 0 aliphatic heterocycles. The van der Waals surface area contributed by atoms with E-state index in [1.54, 1.807) is 13.1 Å². The van der Waals surface area contributed by atoms with Crippen LogP contribution in [-0.4, -0.2) is 18.4 Å². The minimum atomic E-state index is -3.73. The summed E-state index contributed by atoms with van der Waals surface area (Å²) >= 11 is 1.35. The van der Waals surface area contributed by atoms with Crippen molar-refractivity contribution in [2.75, 3.05) is 0 Å². The molecule has 1 N–H and O–H groups in total. The van der Waals surface area contributed by atoms with Gasteiger partial charge in [-0.15, -0.1) is 11.3 Å². The molecule has 24 heavy (non-hydrogen) atoms. The Morgan fingerprint density at radius 3 is 2.75 bits per heavy atom. The maximum absolute atomic E-state index is 13.1. The standard InChI is InChI=1S/C16H14FN3O2S2/c1-11-8-12(17)5-6-15(11)24(21,22)19-9-16-20-14(10-23-16)13-4-2-3-7-18-13/h2-8,10,19H,9H2,1H3. The molecular weight excluding hydrogens is 349 g/mol. The number of sulfonamides is 1. The van der Waals surface area contributed by atoms with Gasteiger partial charge in [0.05, 0.1) is 22.8 Å². The van der Waals surface area contributed by atoms with Crippen LogP contribution < -0.4 is 4.72 Å². The van der Waals surface area contributed by atoms with Gasteiger partial charge in [0.15, 0.2) is 0 Å². The lowest BCUT2D eigenvalue weighted by Gasteiger charge is -2.08. The van der Waals surface area contributed by atoms with Gasteiger partial charge in [-0.25, -0.2) is 22.5 Å². The first-order chi connectivity index (χ1) is 11.5. The Labute approximate surface area is 143 Å². The van der Waals surface area contributed by atoms with Crippen molar-refractivity contribution in [1.82, 2.24) is 14.7 Å². The first kappa shape index (κ1) is 16.7. The van der Waals surface area contributed by atoms with Crippen LogP contribution in [0.5, 0.6) is 0 Å². The summed E-state index contributed by atoms with van der Waals surface area (Å²) < 4.78 is 40.3. The summed E-state index contributed by atoms with van der Waals surface area (Å²) in [5, 5.41) is 2.45. The van der Waals surface area contributed by atoms with E-state index in [0.29, 0.717) is 16.3 Å². The van der Waals surface area contributed by atoms with Gasteiger partial charge in [-0.05, 0) is 42.8 Å². The predicted molar refractivity (Wildman–Crippen MR) is 90.5 cm³/mol. The number of hydrogen-bond donors (Lipinski definition) is 1. The van der Waals surface area contributed by atoms with Crippen molar-refractivity contribution in [1.29, 1.82) is 0 Å². The van der Waals surface area contributed by atoms with Gasteiger partial charge in [-0.2, -0.15) is 0 Å². The molecule has 0 saturated heterocycles. The highest BCUT2D eigenvalue weighted by Gasteiger charge is 2.17. The minimum absolute atomic E-state index is 0.0606. The van der Waals surface area contributed by atoms with Crippen molar-refractivity contribution in [3.63, 3.8) is 0 Å². The van der Waals surface area contributed by atoms with Crippen LogP contribution in [-0.2, 0) is 16.6 Å². The summed E-state index contributed by atoms with van der Waals surface area (Å²) in [7, 11) is -3.73. The zero-order chi connectivity index (χ0) is 17.2. The van der Waals surface area contributed by atoms with Crippen LogP contribution in [0.2, 0.25) is 0 Å². The summed E-state index contributed by atoms with van der Waals surface area (Å²) in [4.78, 5) is 8.65. The van der Waals surface area contributed by atoms with Crippen molar-refractivity contribution in [2.24, 2.45) is 0 Å². The smallest absolute Gasteiger partial charge is 0.241 e. The van der Waals surface area contributed by atoms with Gasteiger partial charge in [-0.1, -0.05) is 6.07 Å². The van der Waals surface area contributed by atoms with E-state index in [0.717, 1.165) is 11.8 Å². The van der Waals surface area contributed by atoms with Gasteiger partial charge < -0.3 is 0 Å². The Morgan fingerprint density at radius 2 is 2.04 bits per heavy atom. The van der Waals surface area contributed by atoms with Gasteiger partial charge in [0.25, 0.3) is 0 Å². The second kappa shape index (κ2) is 6.76. The van der Waals surface area contributed by atoms with E-state index >= 15 is 0 Å². The van der Waals surface area contributed by atoms with E-state index in [4.69, 9.17) is 0 Å². The molecule has 0 radical (unpaired) electrons. The van der Waals surface area contributed by atoms with Gasteiger partial charge in [0, 0.05) is 11.6 Å². The van der Waals surface area contributed by atoms with E-state index in [-0.39, 0.29) is 11.4 Å². The molecule has 0 fully saturated rings. The quantitative estimate of drug-likeness (QED) is 0.756. The average molecular weight is 363 g/mol. The Morgan fingerprint density at radius 1 is 1.21 bits per heavy atom. The molecule has 8 heteroatoms. The summed E-state index contributed by atoms with van der Waals surface area (Å²) in [5.41, 5.74) is 1.79. The Kier molecular flexibility index (Phi) is 4.70. The number of aryl methyl sites for hydroxylation is 1. The zero-order valence-corrected chi connectivity index (χ0v) is 14.4. The molecule has 5 nitrogen and oxygen atoms in total. The number of nitrogens with one attached hydrogen (secondary N) is 1. The van der Waals surface area contributed by atoms with E-state index in [9.17, 15) is 12.8 Å². The normalized spacial score (nSPS) is 11.6. The number of pyridine rings is 1. The molecule has 0 atom stereocenters. The van der Waals surface area contributed by atoms with Crippen LogP contribution in [0.25, 0.3) is 11.4 Å². The van der Waals surface area contributed by atoms with Crippen LogP contribution in [0.1, 0.15) is 10.6 Å². The van der Waals surface area contributed by atoms with Crippen LogP contribution in [0.4, 0.5) is 4.39 Å². The molecule has 3 aromatic rings. The first-order valence-electron chi connectivity index (χ1n) is 7.07. The Bertz CT molecular complexity index is 956. The van der Waals surface area contributed by atoms with E-state index in [1.807, 2.05) is 23.6 Å². The lowest BCUT2D eigenvalue weighted by atomic mass is 10.2. The summed E-state index contributed by atoms with van der Waals surface area (Å²) in [5.74, 6) is -0.466. The molecule has 0 aliphatic rings. The topological polar surface area (TPSA) is 72.0 Å². The fourth-order valence-electron chi connectivity index (χ4n) is 2.17. The molecule has 1 aromatic carbocycles. The Hall–Kier alpha value is -2.16. The number of hydrogen-bond acceptors (Lipinski definition) is 5. The molecule has 2 heterocycles. The van der Waals surface area contributed by atoms with Gasteiger partial charge in [0.2, 0.25) is 10.0 Å². The molecule has 0 bridgehead atoms. The fourth-order valence-corrected chi connectivity index (χ4v) is 4.20. The van der Waals surface area contributed by atoms with Gasteiger partial charge >= 0.3 is 0 Å². The number of rotatable bonds is 5. The van der Waals surface area contributed by atoms with Crippen LogP contribution in [0.3, 0.4) is 0 Å². The molecule has 0 saturated carbocycles. The first-order valence-corrected chi connectivity index (χ1v) is 9.43. The highest BCUT2D eigenvalue weighted by Crippen LogP contribution is 2.21. The lowest BCUT2D eigenvalue weighted by molar-refractivity contribution is 0.579. The molecule has 2 aromatic heterocycles. The second-order valence-electron chi connectivity index (χ2n) is 5.08. The lowest BCUT2D eigenvalue weighted by Crippen LogP contribution is -2.24. The summed E-state index contributed by atoms with van der Waals surface area (Å²) in [6.07, 6.45) is 1.67. The molecule has 124 valence electrons. The highest BCUT2D eigenvalue weighted by atomic mass is 32.2. The molecule has 0 amide bonds. The summed E-state index contributed by atoms with van der Waals surface area (Å²) in [6.45, 7) is 1.62. The Balaban J connectivity index is 1.75. The fraction of sp³-hybridized carbons (Fsp3) is 0.125. The number of nitrogens with zero attached hydrogens (tertiary/aromatic N) is 2. The van der Waals surface area contributed by atoms with Crippen LogP contribution >= 0.6 is 11.3 Å². The molecule has 0 aliphatic carbocycles. The zero-order valence-electron chi connectivity index (χ0n) is 12.7. The van der Waals surface area contributed by atoms with E-state index in [2.05, 4.69) is 14.7 Å². The molecule has 0 unspecified atom stereocenters.